The van der Waals surface area contributed by atoms with Crippen LogP contribution in [0, 0.1) is 17.6 Å². The number of allylic oxidation sites excluding steroid dienone is 2. The maximum Gasteiger partial charge on any atom is 0.236 e. The first-order chi connectivity index (χ1) is 15.5. The van der Waals surface area contributed by atoms with Crippen molar-refractivity contribution in [1.82, 2.24) is 0 Å². The van der Waals surface area contributed by atoms with Crippen molar-refractivity contribution in [3.8, 4) is 5.75 Å². The highest BCUT2D eigenvalue weighted by Gasteiger charge is 2.47. The highest BCUT2D eigenvalue weighted by Crippen LogP contribution is 2.44. The summed E-state index contributed by atoms with van der Waals surface area (Å²) in [6.07, 6.45) is 5.14. The number of phenols is 1. The molecule has 0 saturated carbocycles. The van der Waals surface area contributed by atoms with Crippen molar-refractivity contribution in [2.75, 3.05) is 11.5 Å². The van der Waals surface area contributed by atoms with Gasteiger partial charge in [0.2, 0.25) is 5.91 Å². The summed E-state index contributed by atoms with van der Waals surface area (Å²) in [5.41, 5.74) is 2.68. The van der Waals surface area contributed by atoms with Gasteiger partial charge in [0, 0.05) is 5.69 Å². The molecule has 4 nitrogen and oxygen atoms in total. The number of hydrogen-bond acceptors (Lipinski definition) is 3. The fraction of sp³-hybridized carbons (Fsp3) is 0.115. The summed E-state index contributed by atoms with van der Waals surface area (Å²) < 4.78 is 26.5. The number of β-lactam (4-membered cyclic amide) rings is 1. The lowest BCUT2D eigenvalue weighted by Gasteiger charge is -2.46. The largest absolute Gasteiger partial charge is 0.508 e. The number of halogens is 2. The van der Waals surface area contributed by atoms with E-state index < -0.39 is 5.92 Å². The van der Waals surface area contributed by atoms with Gasteiger partial charge >= 0.3 is 0 Å². The molecule has 1 amide bonds. The summed E-state index contributed by atoms with van der Waals surface area (Å²) in [5.74, 6) is -1.25. The standard InChI is InChI=1S/C26H21F2NO3/c27-20-8-4-17(5-9-20)19(16-30)2-1-3-24-25(18-6-14-23(31)15-7-18)29(26(24)32)22-12-10-21(28)11-13-22/h1-15,24-25,30-31H,16H2/b3-1+,19-2+/t24?,25-/m1/s1. The Labute approximate surface area is 184 Å². The van der Waals surface area contributed by atoms with E-state index in [4.69, 9.17) is 0 Å². The van der Waals surface area contributed by atoms with Crippen molar-refractivity contribution in [3.63, 3.8) is 0 Å². The Morgan fingerprint density at radius 2 is 1.50 bits per heavy atom. The van der Waals surface area contributed by atoms with E-state index in [2.05, 4.69) is 0 Å². The van der Waals surface area contributed by atoms with E-state index >= 15 is 0 Å². The molecule has 1 fully saturated rings. The molecule has 0 aliphatic carbocycles. The van der Waals surface area contributed by atoms with Gasteiger partial charge in [-0.2, -0.15) is 0 Å². The minimum atomic E-state index is -0.478. The van der Waals surface area contributed by atoms with Gasteiger partial charge in [-0.15, -0.1) is 0 Å². The number of amides is 1. The minimum absolute atomic E-state index is 0.120. The molecule has 32 heavy (non-hydrogen) atoms. The molecule has 1 unspecified atom stereocenters. The fourth-order valence-corrected chi connectivity index (χ4v) is 3.81. The monoisotopic (exact) mass is 433 g/mol. The Hall–Kier alpha value is -3.77. The highest BCUT2D eigenvalue weighted by atomic mass is 19.1. The lowest BCUT2D eigenvalue weighted by molar-refractivity contribution is -0.128. The maximum atomic E-state index is 13.4. The molecule has 0 aromatic heterocycles. The Morgan fingerprint density at radius 1 is 0.906 bits per heavy atom. The van der Waals surface area contributed by atoms with Crippen LogP contribution < -0.4 is 4.90 Å². The lowest BCUT2D eigenvalue weighted by atomic mass is 9.81. The number of aliphatic hydroxyl groups is 1. The van der Waals surface area contributed by atoms with Gasteiger partial charge in [-0.25, -0.2) is 8.78 Å². The molecule has 0 radical (unpaired) electrons. The quantitative estimate of drug-likeness (QED) is 0.425. The van der Waals surface area contributed by atoms with Crippen LogP contribution in [0.25, 0.3) is 5.57 Å². The molecule has 6 heteroatoms. The van der Waals surface area contributed by atoms with Crippen LogP contribution in [0.5, 0.6) is 5.75 Å². The number of phenolic OH excluding ortho intramolecular Hbond substituents is 1. The van der Waals surface area contributed by atoms with Crippen molar-refractivity contribution in [3.05, 3.63) is 114 Å². The van der Waals surface area contributed by atoms with Crippen LogP contribution in [-0.4, -0.2) is 22.7 Å². The molecule has 1 saturated heterocycles. The zero-order valence-corrected chi connectivity index (χ0v) is 17.0. The number of benzene rings is 3. The van der Waals surface area contributed by atoms with Crippen LogP contribution in [-0.2, 0) is 4.79 Å². The molecule has 2 atom stereocenters. The van der Waals surface area contributed by atoms with Gasteiger partial charge in [0.05, 0.1) is 18.6 Å². The number of rotatable bonds is 6. The van der Waals surface area contributed by atoms with Crippen molar-refractivity contribution in [2.45, 2.75) is 6.04 Å². The van der Waals surface area contributed by atoms with E-state index in [1.807, 2.05) is 0 Å². The number of nitrogens with zero attached hydrogens (tertiary/aromatic N) is 1. The van der Waals surface area contributed by atoms with E-state index in [0.29, 0.717) is 16.8 Å². The van der Waals surface area contributed by atoms with E-state index in [1.165, 1.54) is 24.3 Å². The van der Waals surface area contributed by atoms with E-state index in [1.54, 1.807) is 71.7 Å². The predicted molar refractivity (Wildman–Crippen MR) is 119 cm³/mol. The third-order valence-electron chi connectivity index (χ3n) is 5.48. The maximum absolute atomic E-state index is 13.4. The Bertz CT molecular complexity index is 1150. The Kier molecular flexibility index (Phi) is 6.14. The molecule has 1 aliphatic rings. The average Bonchev–Trinajstić information content (AvgIpc) is 2.80. The first-order valence-corrected chi connectivity index (χ1v) is 10.1. The molecule has 0 spiro atoms. The van der Waals surface area contributed by atoms with Gasteiger partial charge < -0.3 is 15.1 Å². The summed E-state index contributed by atoms with van der Waals surface area (Å²) in [6, 6.07) is 17.8. The number of anilines is 1. The summed E-state index contributed by atoms with van der Waals surface area (Å²) in [4.78, 5) is 14.6. The third-order valence-corrected chi connectivity index (χ3v) is 5.48. The number of aliphatic hydroxyl groups excluding tert-OH is 1. The van der Waals surface area contributed by atoms with Crippen LogP contribution >= 0.6 is 0 Å². The summed E-state index contributed by atoms with van der Waals surface area (Å²) in [7, 11) is 0. The summed E-state index contributed by atoms with van der Waals surface area (Å²) in [6.45, 7) is -0.238. The molecule has 2 N–H and O–H groups in total. The summed E-state index contributed by atoms with van der Waals surface area (Å²) in [5, 5.41) is 19.3. The predicted octanol–water partition coefficient (Wildman–Crippen LogP) is 5.01. The van der Waals surface area contributed by atoms with Gasteiger partial charge in [0.15, 0.2) is 0 Å². The topological polar surface area (TPSA) is 60.8 Å². The lowest BCUT2D eigenvalue weighted by Crippen LogP contribution is -2.54. The molecule has 1 aliphatic heterocycles. The molecule has 4 rings (SSSR count). The molecular formula is C26H21F2NO3. The highest BCUT2D eigenvalue weighted by molar-refractivity contribution is 6.04. The second kappa shape index (κ2) is 9.16. The van der Waals surface area contributed by atoms with E-state index in [9.17, 15) is 23.8 Å². The van der Waals surface area contributed by atoms with Crippen molar-refractivity contribution in [1.29, 1.82) is 0 Å². The van der Waals surface area contributed by atoms with Crippen LogP contribution in [0.2, 0.25) is 0 Å². The zero-order valence-electron chi connectivity index (χ0n) is 17.0. The van der Waals surface area contributed by atoms with Crippen LogP contribution in [0.1, 0.15) is 17.2 Å². The molecule has 162 valence electrons. The van der Waals surface area contributed by atoms with Crippen LogP contribution in [0.4, 0.5) is 14.5 Å². The normalized spacial score (nSPS) is 18.8. The molecular weight excluding hydrogens is 412 g/mol. The molecule has 3 aromatic rings. The Morgan fingerprint density at radius 3 is 2.09 bits per heavy atom. The van der Waals surface area contributed by atoms with Crippen LogP contribution in [0.15, 0.2) is 91.0 Å². The number of aromatic hydroxyl groups is 1. The fourth-order valence-electron chi connectivity index (χ4n) is 3.81. The molecule has 0 bridgehead atoms. The van der Waals surface area contributed by atoms with E-state index in [-0.39, 0.29) is 35.9 Å². The van der Waals surface area contributed by atoms with Gasteiger partial charge in [-0.05, 0) is 65.2 Å². The number of hydrogen-bond donors (Lipinski definition) is 2. The first kappa shape index (κ1) is 21.5. The molecule has 3 aromatic carbocycles. The van der Waals surface area contributed by atoms with Gasteiger partial charge in [-0.1, -0.05) is 42.5 Å². The first-order valence-electron chi connectivity index (χ1n) is 10.1. The molecule has 1 heterocycles. The SMILES string of the molecule is O=C1C(/C=C/C=C(\CO)c2ccc(F)cc2)[C@@H](c2ccc(O)cc2)N1c1ccc(F)cc1. The number of carbonyl (C=O) groups excluding carboxylic acids is 1. The van der Waals surface area contributed by atoms with Crippen LogP contribution in [0.3, 0.4) is 0 Å². The van der Waals surface area contributed by atoms with Gasteiger partial charge in [0.1, 0.15) is 17.4 Å². The van der Waals surface area contributed by atoms with Gasteiger partial charge in [0.25, 0.3) is 0 Å². The second-order valence-electron chi connectivity index (χ2n) is 7.49. The van der Waals surface area contributed by atoms with E-state index in [0.717, 1.165) is 5.56 Å². The zero-order chi connectivity index (χ0) is 22.7. The summed E-state index contributed by atoms with van der Waals surface area (Å²) >= 11 is 0. The third kappa shape index (κ3) is 4.31. The number of carbonyl (C=O) groups is 1. The smallest absolute Gasteiger partial charge is 0.236 e. The minimum Gasteiger partial charge on any atom is -0.508 e. The van der Waals surface area contributed by atoms with Crippen molar-refractivity contribution < 1.29 is 23.8 Å². The second-order valence-corrected chi connectivity index (χ2v) is 7.49. The van der Waals surface area contributed by atoms with Crippen molar-refractivity contribution >= 4 is 17.2 Å². The Balaban J connectivity index is 1.62. The van der Waals surface area contributed by atoms with Gasteiger partial charge in [-0.3, -0.25) is 4.79 Å². The average molecular weight is 433 g/mol. The van der Waals surface area contributed by atoms with Crippen molar-refractivity contribution in [2.24, 2.45) is 5.92 Å².